The van der Waals surface area contributed by atoms with Crippen molar-refractivity contribution in [3.8, 4) is 11.5 Å². The highest BCUT2D eigenvalue weighted by Crippen LogP contribution is 2.37. The predicted molar refractivity (Wildman–Crippen MR) is 98.0 cm³/mol. The highest BCUT2D eigenvalue weighted by Gasteiger charge is 2.12. The zero-order chi connectivity index (χ0) is 16.7. The average Bonchev–Trinajstić information content (AvgIpc) is 2.54. The van der Waals surface area contributed by atoms with E-state index < -0.39 is 0 Å². The van der Waals surface area contributed by atoms with Crippen molar-refractivity contribution in [2.45, 2.75) is 27.0 Å². The van der Waals surface area contributed by atoms with Gasteiger partial charge in [-0.1, -0.05) is 44.2 Å². The lowest BCUT2D eigenvalue weighted by Crippen LogP contribution is -2.19. The zero-order valence-electron chi connectivity index (χ0n) is 13.9. The van der Waals surface area contributed by atoms with Crippen LogP contribution in [0.25, 0.3) is 0 Å². The second-order valence-corrected chi connectivity index (χ2v) is 6.76. The van der Waals surface area contributed by atoms with Crippen molar-refractivity contribution in [1.82, 2.24) is 5.32 Å². The van der Waals surface area contributed by atoms with Crippen LogP contribution in [0.1, 0.15) is 25.0 Å². The topological polar surface area (TPSA) is 30.5 Å². The number of rotatable bonds is 8. The minimum Gasteiger partial charge on any atom is -0.493 e. The standard InChI is InChI=1S/C19H24BrNO2/c1-14(2)11-21-12-16-9-17(20)19(18(10-16)22-3)23-13-15-7-5-4-6-8-15/h4-10,14,21H,11-13H2,1-3H3. The van der Waals surface area contributed by atoms with E-state index in [1.54, 1.807) is 7.11 Å². The van der Waals surface area contributed by atoms with Crippen molar-refractivity contribution in [3.63, 3.8) is 0 Å². The number of hydrogen-bond donors (Lipinski definition) is 1. The molecule has 2 rings (SSSR count). The second-order valence-electron chi connectivity index (χ2n) is 5.91. The van der Waals surface area contributed by atoms with E-state index >= 15 is 0 Å². The molecule has 0 radical (unpaired) electrons. The number of nitrogens with one attached hydrogen (secondary N) is 1. The van der Waals surface area contributed by atoms with Crippen LogP contribution in [0.15, 0.2) is 46.9 Å². The molecule has 0 heterocycles. The van der Waals surface area contributed by atoms with Gasteiger partial charge in [-0.3, -0.25) is 0 Å². The smallest absolute Gasteiger partial charge is 0.175 e. The van der Waals surface area contributed by atoms with E-state index in [1.165, 1.54) is 5.56 Å². The van der Waals surface area contributed by atoms with E-state index in [0.29, 0.717) is 12.5 Å². The van der Waals surface area contributed by atoms with E-state index in [2.05, 4.69) is 41.2 Å². The van der Waals surface area contributed by atoms with E-state index in [0.717, 1.165) is 34.6 Å². The number of hydrogen-bond acceptors (Lipinski definition) is 3. The fraction of sp³-hybridized carbons (Fsp3) is 0.368. The summed E-state index contributed by atoms with van der Waals surface area (Å²) in [6, 6.07) is 14.2. The Kier molecular flexibility index (Phi) is 6.93. The van der Waals surface area contributed by atoms with Crippen LogP contribution < -0.4 is 14.8 Å². The van der Waals surface area contributed by atoms with Gasteiger partial charge in [-0.05, 0) is 51.7 Å². The molecule has 2 aromatic rings. The molecule has 1 N–H and O–H groups in total. The zero-order valence-corrected chi connectivity index (χ0v) is 15.5. The van der Waals surface area contributed by atoms with E-state index in [4.69, 9.17) is 9.47 Å². The van der Waals surface area contributed by atoms with Crippen molar-refractivity contribution in [3.05, 3.63) is 58.1 Å². The highest BCUT2D eigenvalue weighted by molar-refractivity contribution is 9.10. The van der Waals surface area contributed by atoms with Gasteiger partial charge in [0.15, 0.2) is 11.5 Å². The fourth-order valence-electron chi connectivity index (χ4n) is 2.25. The molecule has 0 atom stereocenters. The molecule has 3 nitrogen and oxygen atoms in total. The van der Waals surface area contributed by atoms with Gasteiger partial charge in [-0.15, -0.1) is 0 Å². The Hall–Kier alpha value is -1.52. The summed E-state index contributed by atoms with van der Waals surface area (Å²) in [5, 5.41) is 3.44. The van der Waals surface area contributed by atoms with Gasteiger partial charge in [-0.25, -0.2) is 0 Å². The Balaban J connectivity index is 2.07. The third-order valence-corrected chi connectivity index (χ3v) is 3.99. The van der Waals surface area contributed by atoms with Gasteiger partial charge in [0.2, 0.25) is 0 Å². The van der Waals surface area contributed by atoms with Crippen LogP contribution in [0.4, 0.5) is 0 Å². The molecule has 0 aliphatic heterocycles. The molecule has 0 spiro atoms. The lowest BCUT2D eigenvalue weighted by molar-refractivity contribution is 0.282. The lowest BCUT2D eigenvalue weighted by atomic mass is 10.1. The Labute approximate surface area is 147 Å². The third-order valence-electron chi connectivity index (χ3n) is 3.40. The molecule has 0 saturated carbocycles. The summed E-state index contributed by atoms with van der Waals surface area (Å²) in [7, 11) is 1.67. The number of methoxy groups -OCH3 is 1. The van der Waals surface area contributed by atoms with Gasteiger partial charge in [0.1, 0.15) is 6.61 Å². The summed E-state index contributed by atoms with van der Waals surface area (Å²) < 4.78 is 12.4. The van der Waals surface area contributed by atoms with Crippen molar-refractivity contribution in [1.29, 1.82) is 0 Å². The largest absolute Gasteiger partial charge is 0.493 e. The third kappa shape index (κ3) is 5.56. The maximum atomic E-state index is 5.95. The summed E-state index contributed by atoms with van der Waals surface area (Å²) in [5.41, 5.74) is 2.30. The molecule has 0 unspecified atom stereocenters. The lowest BCUT2D eigenvalue weighted by Gasteiger charge is -2.15. The first-order chi connectivity index (χ1) is 11.1. The normalized spacial score (nSPS) is 10.8. The van der Waals surface area contributed by atoms with E-state index in [-0.39, 0.29) is 0 Å². The van der Waals surface area contributed by atoms with Crippen LogP contribution in [0, 0.1) is 5.92 Å². The first-order valence-electron chi connectivity index (χ1n) is 7.84. The number of benzene rings is 2. The molecule has 0 amide bonds. The molecule has 0 aliphatic carbocycles. The monoisotopic (exact) mass is 377 g/mol. The van der Waals surface area contributed by atoms with E-state index in [9.17, 15) is 0 Å². The summed E-state index contributed by atoms with van der Waals surface area (Å²) in [6.07, 6.45) is 0. The van der Waals surface area contributed by atoms with Gasteiger partial charge in [0.25, 0.3) is 0 Å². The maximum absolute atomic E-state index is 5.95. The molecule has 0 saturated heterocycles. The van der Waals surface area contributed by atoms with Gasteiger partial charge in [-0.2, -0.15) is 0 Å². The Morgan fingerprint density at radius 3 is 2.48 bits per heavy atom. The fourth-order valence-corrected chi connectivity index (χ4v) is 2.85. The minimum atomic E-state index is 0.515. The summed E-state index contributed by atoms with van der Waals surface area (Å²) in [5.74, 6) is 2.12. The first kappa shape index (κ1) is 17.8. The SMILES string of the molecule is COc1cc(CNCC(C)C)cc(Br)c1OCc1ccccc1. The summed E-state index contributed by atoms with van der Waals surface area (Å²) in [4.78, 5) is 0. The van der Waals surface area contributed by atoms with Gasteiger partial charge < -0.3 is 14.8 Å². The summed E-state index contributed by atoms with van der Waals surface area (Å²) in [6.45, 7) is 6.72. The average molecular weight is 378 g/mol. The second kappa shape index (κ2) is 8.94. The minimum absolute atomic E-state index is 0.515. The van der Waals surface area contributed by atoms with Crippen molar-refractivity contribution < 1.29 is 9.47 Å². The molecule has 0 fully saturated rings. The van der Waals surface area contributed by atoms with Gasteiger partial charge >= 0.3 is 0 Å². The van der Waals surface area contributed by atoms with Crippen molar-refractivity contribution in [2.24, 2.45) is 5.92 Å². The first-order valence-corrected chi connectivity index (χ1v) is 8.63. The molecular formula is C19H24BrNO2. The molecule has 2 aromatic carbocycles. The number of ether oxygens (including phenoxy) is 2. The van der Waals surface area contributed by atoms with Gasteiger partial charge in [0, 0.05) is 6.54 Å². The van der Waals surface area contributed by atoms with Crippen LogP contribution in [0.5, 0.6) is 11.5 Å². The van der Waals surface area contributed by atoms with Crippen molar-refractivity contribution in [2.75, 3.05) is 13.7 Å². The predicted octanol–water partition coefficient (Wildman–Crippen LogP) is 4.78. The van der Waals surface area contributed by atoms with Crippen LogP contribution in [0.2, 0.25) is 0 Å². The van der Waals surface area contributed by atoms with Crippen LogP contribution in [0.3, 0.4) is 0 Å². The van der Waals surface area contributed by atoms with Crippen LogP contribution >= 0.6 is 15.9 Å². The molecular weight excluding hydrogens is 354 g/mol. The molecule has 23 heavy (non-hydrogen) atoms. The highest BCUT2D eigenvalue weighted by atomic mass is 79.9. The van der Waals surface area contributed by atoms with Crippen LogP contribution in [-0.4, -0.2) is 13.7 Å². The van der Waals surface area contributed by atoms with Gasteiger partial charge in [0.05, 0.1) is 11.6 Å². The molecule has 4 heteroatoms. The van der Waals surface area contributed by atoms with E-state index in [1.807, 2.05) is 36.4 Å². The molecule has 0 aromatic heterocycles. The Bertz CT molecular complexity index is 614. The molecule has 0 bridgehead atoms. The van der Waals surface area contributed by atoms with Crippen molar-refractivity contribution >= 4 is 15.9 Å². The molecule has 124 valence electrons. The van der Waals surface area contributed by atoms with Crippen LogP contribution in [-0.2, 0) is 13.2 Å². The Morgan fingerprint density at radius 2 is 1.83 bits per heavy atom. The Morgan fingerprint density at radius 1 is 1.09 bits per heavy atom. The number of halogens is 1. The maximum Gasteiger partial charge on any atom is 0.175 e. The molecule has 0 aliphatic rings. The quantitative estimate of drug-likeness (QED) is 0.717. The summed E-state index contributed by atoms with van der Waals surface area (Å²) >= 11 is 3.60.